The third-order valence-corrected chi connectivity index (χ3v) is 10.9. The van der Waals surface area contributed by atoms with E-state index in [0.29, 0.717) is 24.8 Å². The maximum Gasteiger partial charge on any atom is 0.334 e. The summed E-state index contributed by atoms with van der Waals surface area (Å²) in [6, 6.07) is 20.8. The highest BCUT2D eigenvalue weighted by atomic mass is 28.4. The van der Waals surface area contributed by atoms with Crippen LogP contribution in [-0.2, 0) is 18.8 Å². The molecule has 2 aromatic carbocycles. The van der Waals surface area contributed by atoms with Gasteiger partial charge in [-0.1, -0.05) is 81.4 Å². The lowest BCUT2D eigenvalue weighted by Gasteiger charge is -2.45. The lowest BCUT2D eigenvalue weighted by Crippen LogP contribution is -2.67. The molecule has 0 saturated carbocycles. The van der Waals surface area contributed by atoms with Gasteiger partial charge in [-0.05, 0) is 34.8 Å². The monoisotopic (exact) mass is 436 g/mol. The molecule has 0 radical (unpaired) electrons. The summed E-state index contributed by atoms with van der Waals surface area (Å²) in [5, 5.41) is 2.19. The lowest BCUT2D eigenvalue weighted by molar-refractivity contribution is -0.139. The van der Waals surface area contributed by atoms with Crippen LogP contribution in [0.1, 0.15) is 47.0 Å². The summed E-state index contributed by atoms with van der Waals surface area (Å²) in [6.45, 7) is 8.53. The molecule has 0 bridgehead atoms. The van der Waals surface area contributed by atoms with Gasteiger partial charge < -0.3 is 14.0 Å². The highest BCUT2D eigenvalue weighted by molar-refractivity contribution is 6.99. The van der Waals surface area contributed by atoms with Crippen LogP contribution in [-0.4, -0.2) is 32.8 Å². The molecule has 1 aliphatic heterocycles. The molecule has 2 atom stereocenters. The molecule has 1 aliphatic rings. The van der Waals surface area contributed by atoms with E-state index in [9.17, 15) is 9.59 Å². The van der Waals surface area contributed by atoms with Crippen LogP contribution in [0, 0.1) is 0 Å². The summed E-state index contributed by atoms with van der Waals surface area (Å²) in [7, 11) is -2.77. The number of carbonyl (C=O) groups excluding carboxylic acids is 2. The van der Waals surface area contributed by atoms with Gasteiger partial charge in [-0.3, -0.25) is 0 Å². The number of aldehydes is 1. The smallest absolute Gasteiger partial charge is 0.334 e. The first kappa shape index (κ1) is 23.2. The van der Waals surface area contributed by atoms with E-state index in [1.54, 1.807) is 0 Å². The Morgan fingerprint density at radius 3 is 2.00 bits per heavy atom. The number of benzene rings is 2. The standard InChI is InChI=1S/C26H32O4Si/c1-20-18-21(25(28)29-20)19-22(12-11-17-27)30-31(26(2,3)4,23-13-7-5-8-14-23)24-15-9-6-10-16-24/h5-10,13-18,20,22H,11-12,19H2,1-4H3/t20-,22+/m0/s1. The summed E-state index contributed by atoms with van der Waals surface area (Å²) in [4.78, 5) is 23.5. The fourth-order valence-corrected chi connectivity index (χ4v) is 9.14. The Hall–Kier alpha value is -2.50. The zero-order valence-electron chi connectivity index (χ0n) is 18.8. The minimum Gasteiger partial charge on any atom is -0.455 e. The Labute approximate surface area is 186 Å². The van der Waals surface area contributed by atoms with Gasteiger partial charge in [0.15, 0.2) is 0 Å². The summed E-state index contributed by atoms with van der Waals surface area (Å²) < 4.78 is 12.5. The van der Waals surface area contributed by atoms with Crippen molar-refractivity contribution in [1.29, 1.82) is 0 Å². The Balaban J connectivity index is 2.09. The Morgan fingerprint density at radius 2 is 1.58 bits per heavy atom. The number of hydrogen-bond acceptors (Lipinski definition) is 4. The summed E-state index contributed by atoms with van der Waals surface area (Å²) >= 11 is 0. The summed E-state index contributed by atoms with van der Waals surface area (Å²) in [5.74, 6) is -0.283. The molecule has 0 aromatic heterocycles. The SMILES string of the molecule is C[C@H]1C=C(C[C@@H](CCC=O)O[Si](c2ccccc2)(c2ccccc2)C(C)(C)C)C(=O)O1. The van der Waals surface area contributed by atoms with Crippen LogP contribution < -0.4 is 10.4 Å². The molecule has 3 rings (SSSR count). The van der Waals surface area contributed by atoms with E-state index >= 15 is 0 Å². The van der Waals surface area contributed by atoms with Crippen molar-refractivity contribution in [3.63, 3.8) is 0 Å². The molecule has 0 aliphatic carbocycles. The van der Waals surface area contributed by atoms with Crippen molar-refractivity contribution in [2.75, 3.05) is 0 Å². The molecule has 0 saturated heterocycles. The zero-order valence-corrected chi connectivity index (χ0v) is 19.8. The normalized spacial score (nSPS) is 17.7. The lowest BCUT2D eigenvalue weighted by atomic mass is 10.0. The third-order valence-electron chi connectivity index (χ3n) is 5.81. The molecule has 0 N–H and O–H groups in total. The number of ether oxygens (including phenoxy) is 1. The van der Waals surface area contributed by atoms with Crippen molar-refractivity contribution in [2.45, 2.75) is 64.2 Å². The van der Waals surface area contributed by atoms with Gasteiger partial charge >= 0.3 is 5.97 Å². The first-order valence-electron chi connectivity index (χ1n) is 10.9. The van der Waals surface area contributed by atoms with Crippen molar-refractivity contribution in [3.8, 4) is 0 Å². The molecule has 0 amide bonds. The molecular weight excluding hydrogens is 404 g/mol. The molecule has 0 spiro atoms. The maximum absolute atomic E-state index is 12.3. The predicted molar refractivity (Wildman–Crippen MR) is 126 cm³/mol. The predicted octanol–water partition coefficient (Wildman–Crippen LogP) is 4.17. The Kier molecular flexibility index (Phi) is 7.29. The van der Waals surface area contributed by atoms with Gasteiger partial charge in [0.05, 0.1) is 6.10 Å². The van der Waals surface area contributed by atoms with E-state index < -0.39 is 8.32 Å². The maximum atomic E-state index is 12.3. The highest BCUT2D eigenvalue weighted by Gasteiger charge is 2.51. The van der Waals surface area contributed by atoms with Crippen LogP contribution in [0.4, 0.5) is 0 Å². The van der Waals surface area contributed by atoms with Crippen LogP contribution in [0.15, 0.2) is 72.3 Å². The summed E-state index contributed by atoms with van der Waals surface area (Å²) in [5.41, 5.74) is 0.640. The average molecular weight is 437 g/mol. The van der Waals surface area contributed by atoms with E-state index in [-0.39, 0.29) is 23.2 Å². The second kappa shape index (κ2) is 9.75. The second-order valence-electron chi connectivity index (χ2n) is 9.15. The fraction of sp³-hybridized carbons (Fsp3) is 0.385. The first-order valence-corrected chi connectivity index (χ1v) is 12.8. The van der Waals surface area contributed by atoms with Gasteiger partial charge in [0.1, 0.15) is 12.4 Å². The van der Waals surface area contributed by atoms with Crippen molar-refractivity contribution >= 4 is 30.9 Å². The Bertz CT molecular complexity index is 876. The number of esters is 1. The van der Waals surface area contributed by atoms with Gasteiger partial charge in [-0.25, -0.2) is 4.79 Å². The minimum atomic E-state index is -2.77. The molecule has 0 unspecified atom stereocenters. The number of rotatable bonds is 9. The van der Waals surface area contributed by atoms with Crippen LogP contribution in [0.2, 0.25) is 5.04 Å². The second-order valence-corrected chi connectivity index (χ2v) is 13.4. The number of hydrogen-bond donors (Lipinski definition) is 0. The van der Waals surface area contributed by atoms with E-state index in [2.05, 4.69) is 45.0 Å². The first-order chi connectivity index (χ1) is 14.8. The zero-order chi connectivity index (χ0) is 22.5. The number of carbonyl (C=O) groups is 2. The van der Waals surface area contributed by atoms with Gasteiger partial charge in [-0.15, -0.1) is 0 Å². The van der Waals surface area contributed by atoms with Crippen molar-refractivity contribution < 1.29 is 18.8 Å². The van der Waals surface area contributed by atoms with Crippen LogP contribution in [0.5, 0.6) is 0 Å². The number of cyclic esters (lactones) is 1. The van der Waals surface area contributed by atoms with Gasteiger partial charge in [0, 0.05) is 18.4 Å². The van der Waals surface area contributed by atoms with Crippen molar-refractivity contribution in [3.05, 3.63) is 72.3 Å². The highest BCUT2D eigenvalue weighted by Crippen LogP contribution is 2.39. The molecule has 5 heteroatoms. The quantitative estimate of drug-likeness (QED) is 0.336. The minimum absolute atomic E-state index is 0.174. The molecule has 31 heavy (non-hydrogen) atoms. The van der Waals surface area contributed by atoms with Crippen LogP contribution >= 0.6 is 0 Å². The van der Waals surface area contributed by atoms with Gasteiger partial charge in [-0.2, -0.15) is 0 Å². The molecule has 1 heterocycles. The third kappa shape index (κ3) is 5.05. The summed E-state index contributed by atoms with van der Waals surface area (Å²) in [6.07, 6.45) is 3.70. The fourth-order valence-electron chi connectivity index (χ4n) is 4.42. The van der Waals surface area contributed by atoms with E-state index in [4.69, 9.17) is 9.16 Å². The van der Waals surface area contributed by atoms with E-state index in [0.717, 1.165) is 6.29 Å². The van der Waals surface area contributed by atoms with Crippen molar-refractivity contribution in [1.82, 2.24) is 0 Å². The largest absolute Gasteiger partial charge is 0.455 e. The van der Waals surface area contributed by atoms with E-state index in [1.165, 1.54) is 10.4 Å². The molecule has 2 aromatic rings. The molecular formula is C26H32O4Si. The Morgan fingerprint density at radius 1 is 1.03 bits per heavy atom. The van der Waals surface area contributed by atoms with Crippen LogP contribution in [0.3, 0.4) is 0 Å². The molecule has 164 valence electrons. The molecule has 4 nitrogen and oxygen atoms in total. The van der Waals surface area contributed by atoms with Crippen molar-refractivity contribution in [2.24, 2.45) is 0 Å². The average Bonchev–Trinajstić information content (AvgIpc) is 3.06. The van der Waals surface area contributed by atoms with E-state index in [1.807, 2.05) is 49.4 Å². The topological polar surface area (TPSA) is 52.6 Å². The molecule has 0 fully saturated rings. The van der Waals surface area contributed by atoms with Crippen LogP contribution in [0.25, 0.3) is 0 Å². The van der Waals surface area contributed by atoms with Gasteiger partial charge in [0.2, 0.25) is 0 Å². The van der Waals surface area contributed by atoms with Gasteiger partial charge in [0.25, 0.3) is 8.32 Å².